The number of amides is 1. The van der Waals surface area contributed by atoms with Crippen LogP contribution in [0.15, 0.2) is 18.2 Å². The molecule has 0 radical (unpaired) electrons. The van der Waals surface area contributed by atoms with E-state index < -0.39 is 0 Å². The van der Waals surface area contributed by atoms with Crippen molar-refractivity contribution in [2.45, 2.75) is 38.5 Å². The van der Waals surface area contributed by atoms with E-state index in [1.165, 1.54) is 32.4 Å². The quantitative estimate of drug-likeness (QED) is 0.579. The van der Waals surface area contributed by atoms with Crippen LogP contribution in [0.3, 0.4) is 0 Å². The highest BCUT2D eigenvalue weighted by Crippen LogP contribution is 2.23. The molecule has 0 fully saturated rings. The summed E-state index contributed by atoms with van der Waals surface area (Å²) in [4.78, 5) is 11.9. The van der Waals surface area contributed by atoms with Gasteiger partial charge < -0.3 is 20.9 Å². The molecule has 1 rings (SSSR count). The van der Waals surface area contributed by atoms with Gasteiger partial charge in [-0.1, -0.05) is 25.7 Å². The third kappa shape index (κ3) is 6.49. The number of benzene rings is 1. The number of phenolic OH excluding ortho intramolecular Hbond substituents is 1. The van der Waals surface area contributed by atoms with Crippen molar-refractivity contribution in [3.05, 3.63) is 23.8 Å². The second-order valence-electron chi connectivity index (χ2n) is 5.05. The highest BCUT2D eigenvalue weighted by Gasteiger charge is 2.11. The van der Waals surface area contributed by atoms with Crippen LogP contribution in [0.4, 0.5) is 0 Å². The second kappa shape index (κ2) is 10.0. The minimum Gasteiger partial charge on any atom is -0.507 e. The first-order valence-corrected chi connectivity index (χ1v) is 7.54. The Morgan fingerprint density at radius 3 is 2.48 bits per heavy atom. The van der Waals surface area contributed by atoms with Crippen molar-refractivity contribution < 1.29 is 14.6 Å². The van der Waals surface area contributed by atoms with E-state index in [0.29, 0.717) is 12.3 Å². The molecule has 1 aromatic carbocycles. The van der Waals surface area contributed by atoms with Crippen molar-refractivity contribution in [2.24, 2.45) is 5.73 Å². The van der Waals surface area contributed by atoms with E-state index in [0.717, 1.165) is 25.8 Å². The van der Waals surface area contributed by atoms with Crippen LogP contribution < -0.4 is 15.8 Å². The first-order chi connectivity index (χ1) is 10.2. The number of carbonyl (C=O) groups excluding carboxylic acids is 1. The zero-order valence-electron chi connectivity index (χ0n) is 12.7. The maximum absolute atomic E-state index is 11.9. The monoisotopic (exact) mass is 294 g/mol. The number of ether oxygens (including phenoxy) is 1. The lowest BCUT2D eigenvalue weighted by Crippen LogP contribution is -2.24. The standard InChI is InChI=1S/C16H26N2O3/c1-21-13-8-9-14(15(19)12-13)16(20)18-11-7-5-3-2-4-6-10-17/h8-9,12,19H,2-7,10-11,17H2,1H3,(H,18,20). The summed E-state index contributed by atoms with van der Waals surface area (Å²) < 4.78 is 4.98. The molecule has 0 bridgehead atoms. The molecule has 5 heteroatoms. The van der Waals surface area contributed by atoms with E-state index in [-0.39, 0.29) is 17.2 Å². The summed E-state index contributed by atoms with van der Waals surface area (Å²) >= 11 is 0. The summed E-state index contributed by atoms with van der Waals surface area (Å²) in [6.45, 7) is 1.39. The topological polar surface area (TPSA) is 84.6 Å². The molecule has 0 heterocycles. The summed E-state index contributed by atoms with van der Waals surface area (Å²) in [5.41, 5.74) is 5.71. The zero-order chi connectivity index (χ0) is 15.5. The molecule has 0 aromatic heterocycles. The Balaban J connectivity index is 2.22. The van der Waals surface area contributed by atoms with Crippen molar-refractivity contribution in [3.8, 4) is 11.5 Å². The number of nitrogens with one attached hydrogen (secondary N) is 1. The van der Waals surface area contributed by atoms with Gasteiger partial charge in [-0.2, -0.15) is 0 Å². The van der Waals surface area contributed by atoms with E-state index in [4.69, 9.17) is 10.5 Å². The van der Waals surface area contributed by atoms with E-state index in [1.54, 1.807) is 12.1 Å². The highest BCUT2D eigenvalue weighted by molar-refractivity contribution is 5.96. The number of hydrogen-bond donors (Lipinski definition) is 3. The largest absolute Gasteiger partial charge is 0.507 e. The zero-order valence-corrected chi connectivity index (χ0v) is 12.7. The van der Waals surface area contributed by atoms with Gasteiger partial charge in [0.2, 0.25) is 0 Å². The lowest BCUT2D eigenvalue weighted by molar-refractivity contribution is 0.0950. The smallest absolute Gasteiger partial charge is 0.255 e. The highest BCUT2D eigenvalue weighted by atomic mass is 16.5. The Morgan fingerprint density at radius 1 is 1.19 bits per heavy atom. The summed E-state index contributed by atoms with van der Waals surface area (Å²) in [5, 5.41) is 12.6. The van der Waals surface area contributed by atoms with Gasteiger partial charge in [-0.25, -0.2) is 0 Å². The van der Waals surface area contributed by atoms with Gasteiger partial charge in [0.05, 0.1) is 12.7 Å². The van der Waals surface area contributed by atoms with Gasteiger partial charge in [-0.05, 0) is 31.5 Å². The fourth-order valence-electron chi connectivity index (χ4n) is 2.10. The molecule has 0 atom stereocenters. The van der Waals surface area contributed by atoms with Gasteiger partial charge in [0.1, 0.15) is 11.5 Å². The number of nitrogens with two attached hydrogens (primary N) is 1. The molecule has 0 unspecified atom stereocenters. The minimum atomic E-state index is -0.252. The number of phenols is 1. The van der Waals surface area contributed by atoms with Crippen LogP contribution in [0.2, 0.25) is 0 Å². The lowest BCUT2D eigenvalue weighted by Gasteiger charge is -2.08. The number of carbonyl (C=O) groups is 1. The Hall–Kier alpha value is -1.75. The summed E-state index contributed by atoms with van der Waals surface area (Å²) in [6, 6.07) is 4.66. The molecule has 0 saturated carbocycles. The van der Waals surface area contributed by atoms with E-state index in [2.05, 4.69) is 5.32 Å². The van der Waals surface area contributed by atoms with Crippen molar-refractivity contribution in [1.29, 1.82) is 0 Å². The molecule has 1 aromatic rings. The fraction of sp³-hybridized carbons (Fsp3) is 0.562. The lowest BCUT2D eigenvalue weighted by atomic mass is 10.1. The van der Waals surface area contributed by atoms with Crippen LogP contribution in [0, 0.1) is 0 Å². The third-order valence-corrected chi connectivity index (χ3v) is 3.37. The van der Waals surface area contributed by atoms with Crippen LogP contribution in [0.1, 0.15) is 48.9 Å². The molecule has 0 spiro atoms. The number of aromatic hydroxyl groups is 1. The predicted octanol–water partition coefficient (Wildman–Crippen LogP) is 2.43. The van der Waals surface area contributed by atoms with Gasteiger partial charge in [-0.3, -0.25) is 4.79 Å². The number of unbranched alkanes of at least 4 members (excludes halogenated alkanes) is 5. The minimum absolute atomic E-state index is 0.0614. The van der Waals surface area contributed by atoms with Crippen LogP contribution in [-0.2, 0) is 0 Å². The van der Waals surface area contributed by atoms with E-state index >= 15 is 0 Å². The van der Waals surface area contributed by atoms with E-state index in [1.807, 2.05) is 0 Å². The number of methoxy groups -OCH3 is 1. The summed E-state index contributed by atoms with van der Waals surface area (Å²) in [6.07, 6.45) is 6.69. The normalized spacial score (nSPS) is 10.4. The molecule has 0 aliphatic carbocycles. The average Bonchev–Trinajstić information content (AvgIpc) is 2.49. The Morgan fingerprint density at radius 2 is 1.86 bits per heavy atom. The van der Waals surface area contributed by atoms with Crippen LogP contribution in [-0.4, -0.2) is 31.2 Å². The van der Waals surface area contributed by atoms with Crippen molar-refractivity contribution in [2.75, 3.05) is 20.2 Å². The molecule has 1 amide bonds. The SMILES string of the molecule is COc1ccc(C(=O)NCCCCCCCCN)c(O)c1. The fourth-order valence-corrected chi connectivity index (χ4v) is 2.10. The molecule has 0 aliphatic heterocycles. The molecule has 4 N–H and O–H groups in total. The van der Waals surface area contributed by atoms with Gasteiger partial charge in [-0.15, -0.1) is 0 Å². The third-order valence-electron chi connectivity index (χ3n) is 3.37. The number of rotatable bonds is 10. The van der Waals surface area contributed by atoms with Crippen LogP contribution in [0.25, 0.3) is 0 Å². The first kappa shape index (κ1) is 17.3. The van der Waals surface area contributed by atoms with Gasteiger partial charge in [0.15, 0.2) is 0 Å². The van der Waals surface area contributed by atoms with Gasteiger partial charge >= 0.3 is 0 Å². The maximum Gasteiger partial charge on any atom is 0.255 e. The second-order valence-corrected chi connectivity index (χ2v) is 5.05. The van der Waals surface area contributed by atoms with E-state index in [9.17, 15) is 9.90 Å². The van der Waals surface area contributed by atoms with Gasteiger partial charge in [0, 0.05) is 12.6 Å². The van der Waals surface area contributed by atoms with Crippen molar-refractivity contribution in [3.63, 3.8) is 0 Å². The molecular formula is C16H26N2O3. The average molecular weight is 294 g/mol. The molecule has 21 heavy (non-hydrogen) atoms. The molecular weight excluding hydrogens is 268 g/mol. The molecule has 0 saturated heterocycles. The predicted molar refractivity (Wildman–Crippen MR) is 83.7 cm³/mol. The van der Waals surface area contributed by atoms with Crippen LogP contribution >= 0.6 is 0 Å². The first-order valence-electron chi connectivity index (χ1n) is 7.54. The van der Waals surface area contributed by atoms with Crippen molar-refractivity contribution >= 4 is 5.91 Å². The molecule has 118 valence electrons. The molecule has 0 aliphatic rings. The molecule has 5 nitrogen and oxygen atoms in total. The van der Waals surface area contributed by atoms with Crippen molar-refractivity contribution in [1.82, 2.24) is 5.32 Å². The van der Waals surface area contributed by atoms with Gasteiger partial charge in [0.25, 0.3) is 5.91 Å². The van der Waals surface area contributed by atoms with Crippen LogP contribution in [0.5, 0.6) is 11.5 Å². The Kier molecular flexibility index (Phi) is 8.28. The summed E-state index contributed by atoms with van der Waals surface area (Å²) in [5.74, 6) is 0.216. The summed E-state index contributed by atoms with van der Waals surface area (Å²) in [7, 11) is 1.52. The number of hydrogen-bond acceptors (Lipinski definition) is 4. The Bertz CT molecular complexity index is 436. The maximum atomic E-state index is 11.9. The Labute approximate surface area is 126 Å².